The Morgan fingerprint density at radius 1 is 0.741 bits per heavy atom. The first-order valence-corrected chi connectivity index (χ1v) is 14.7. The van der Waals surface area contributed by atoms with Crippen molar-refractivity contribution in [1.82, 2.24) is 9.44 Å². The van der Waals surface area contributed by atoms with Crippen LogP contribution in [0.5, 0.6) is 0 Å². The van der Waals surface area contributed by atoms with Crippen molar-refractivity contribution < 1.29 is 56.1 Å². The van der Waals surface area contributed by atoms with Gasteiger partial charge in [0, 0.05) is 14.2 Å². The van der Waals surface area contributed by atoms with Gasteiger partial charge in [-0.05, 0) is 13.1 Å². The van der Waals surface area contributed by atoms with E-state index in [0.717, 1.165) is 27.3 Å². The summed E-state index contributed by atoms with van der Waals surface area (Å²) in [5.41, 5.74) is -11.2. The molecule has 0 rings (SSSR count). The number of halogens is 6. The molecular formula is C8H18F6N2O7S2Si2. The molecule has 0 amide bonds. The molecule has 0 aliphatic carbocycles. The van der Waals surface area contributed by atoms with Gasteiger partial charge in [-0.1, -0.05) is 0 Å². The lowest BCUT2D eigenvalue weighted by Gasteiger charge is -2.35. The van der Waals surface area contributed by atoms with Crippen molar-refractivity contribution in [3.8, 4) is 0 Å². The average Bonchev–Trinajstić information content (AvgIpc) is 2.49. The van der Waals surface area contributed by atoms with Crippen molar-refractivity contribution >= 4 is 37.2 Å². The Morgan fingerprint density at radius 2 is 1.00 bits per heavy atom. The standard InChI is InChI=1S/C8H18F6N2O7S2Si2/c1-21-26(3,5-15-24(17,18)7(9,10)11)23-27(4,22-2)6-16-25(19,20)8(12,13)14/h15-16H,5-6H2,1-4H3. The van der Waals surface area contributed by atoms with Gasteiger partial charge in [0.05, 0.1) is 12.3 Å². The van der Waals surface area contributed by atoms with Crippen LogP contribution >= 0.6 is 0 Å². The molecular weight excluding hydrogens is 470 g/mol. The van der Waals surface area contributed by atoms with E-state index in [4.69, 9.17) is 13.0 Å². The van der Waals surface area contributed by atoms with Crippen molar-refractivity contribution in [3.05, 3.63) is 0 Å². The highest BCUT2D eigenvalue weighted by atomic mass is 32.2. The smallest absolute Gasteiger partial charge is 0.413 e. The highest BCUT2D eigenvalue weighted by Crippen LogP contribution is 2.24. The molecule has 0 bridgehead atoms. The van der Waals surface area contributed by atoms with Crippen LogP contribution in [-0.4, -0.2) is 71.5 Å². The van der Waals surface area contributed by atoms with E-state index in [1.165, 1.54) is 9.44 Å². The summed E-state index contributed by atoms with van der Waals surface area (Å²) in [5.74, 6) is 0. The summed E-state index contributed by atoms with van der Waals surface area (Å²) in [6, 6.07) is 0. The molecule has 0 heterocycles. The first-order chi connectivity index (χ1) is 11.7. The molecule has 0 spiro atoms. The summed E-state index contributed by atoms with van der Waals surface area (Å²) in [5, 5.41) is 0. The van der Waals surface area contributed by atoms with Gasteiger partial charge in [-0.25, -0.2) is 26.3 Å². The Hall–Kier alpha value is -0.286. The predicted octanol–water partition coefficient (Wildman–Crippen LogP) is 0.397. The number of nitrogens with one attached hydrogen (secondary N) is 2. The molecule has 0 aliphatic rings. The Morgan fingerprint density at radius 3 is 1.19 bits per heavy atom. The highest BCUT2D eigenvalue weighted by molar-refractivity contribution is 7.90. The zero-order valence-corrected chi connectivity index (χ0v) is 18.0. The maximum atomic E-state index is 12.4. The van der Waals surface area contributed by atoms with E-state index in [1.807, 2.05) is 0 Å². The van der Waals surface area contributed by atoms with Gasteiger partial charge in [0.15, 0.2) is 0 Å². The lowest BCUT2D eigenvalue weighted by molar-refractivity contribution is -0.0452. The van der Waals surface area contributed by atoms with Crippen molar-refractivity contribution in [3.63, 3.8) is 0 Å². The number of alkyl halides is 6. The summed E-state index contributed by atoms with van der Waals surface area (Å²) in [7, 11) is -17.0. The molecule has 0 saturated heterocycles. The number of hydrogen-bond donors (Lipinski definition) is 2. The van der Waals surface area contributed by atoms with Crippen molar-refractivity contribution in [2.24, 2.45) is 0 Å². The Bertz CT molecular complexity index is 656. The van der Waals surface area contributed by atoms with Gasteiger partial charge in [-0.3, -0.25) is 0 Å². The SMILES string of the molecule is CO[Si](C)(CNS(=O)(=O)C(F)(F)F)O[Si](C)(CNS(=O)(=O)C(F)(F)F)OC. The predicted molar refractivity (Wildman–Crippen MR) is 84.3 cm³/mol. The van der Waals surface area contributed by atoms with Crippen LogP contribution in [0.2, 0.25) is 13.1 Å². The average molecular weight is 489 g/mol. The van der Waals surface area contributed by atoms with Gasteiger partial charge in [0.2, 0.25) is 0 Å². The molecule has 2 unspecified atom stereocenters. The Labute approximate surface area is 154 Å². The summed E-state index contributed by atoms with van der Waals surface area (Å²) >= 11 is 0. The molecule has 0 radical (unpaired) electrons. The fraction of sp³-hybridized carbons (Fsp3) is 1.00. The van der Waals surface area contributed by atoms with E-state index in [9.17, 15) is 43.2 Å². The lowest BCUT2D eigenvalue weighted by atomic mass is 11.5. The second kappa shape index (κ2) is 8.61. The van der Waals surface area contributed by atoms with E-state index >= 15 is 0 Å². The first-order valence-electron chi connectivity index (χ1n) is 6.66. The van der Waals surface area contributed by atoms with Gasteiger partial charge in [0.25, 0.3) is 0 Å². The summed E-state index contributed by atoms with van der Waals surface area (Å²) < 4.78 is 136. The maximum absolute atomic E-state index is 12.4. The van der Waals surface area contributed by atoms with E-state index in [-0.39, 0.29) is 0 Å². The topological polar surface area (TPSA) is 120 Å². The van der Waals surface area contributed by atoms with Crippen LogP contribution in [0.4, 0.5) is 26.3 Å². The number of rotatable bonds is 10. The minimum Gasteiger partial charge on any atom is -0.413 e. The van der Waals surface area contributed by atoms with Crippen molar-refractivity contribution in [1.29, 1.82) is 0 Å². The van der Waals surface area contributed by atoms with Crippen LogP contribution < -0.4 is 9.44 Å². The molecule has 0 aliphatic heterocycles. The molecule has 27 heavy (non-hydrogen) atoms. The van der Waals surface area contributed by atoms with Crippen LogP contribution in [0.15, 0.2) is 0 Å². The summed E-state index contributed by atoms with van der Waals surface area (Å²) in [6.45, 7) is 2.24. The van der Waals surface area contributed by atoms with Gasteiger partial charge in [0.1, 0.15) is 0 Å². The molecule has 0 fully saturated rings. The quantitative estimate of drug-likeness (QED) is 0.337. The molecule has 19 heteroatoms. The van der Waals surface area contributed by atoms with Gasteiger partial charge < -0.3 is 13.0 Å². The van der Waals surface area contributed by atoms with E-state index in [1.54, 1.807) is 0 Å². The van der Waals surface area contributed by atoms with E-state index in [2.05, 4.69) is 0 Å². The van der Waals surface area contributed by atoms with Crippen LogP contribution in [0.3, 0.4) is 0 Å². The molecule has 9 nitrogen and oxygen atoms in total. The minimum absolute atomic E-state index is 0.955. The fourth-order valence-electron chi connectivity index (χ4n) is 1.37. The zero-order valence-electron chi connectivity index (χ0n) is 14.4. The Kier molecular flexibility index (Phi) is 8.52. The van der Waals surface area contributed by atoms with Crippen LogP contribution in [0.1, 0.15) is 0 Å². The molecule has 0 aromatic rings. The molecule has 0 saturated carbocycles. The largest absolute Gasteiger partial charge is 0.511 e. The fourth-order valence-corrected chi connectivity index (χ4v) is 10.5. The minimum atomic E-state index is -5.72. The normalized spacial score (nSPS) is 18.7. The molecule has 2 atom stereocenters. The first kappa shape index (κ1) is 26.7. The molecule has 2 N–H and O–H groups in total. The second-order valence-corrected chi connectivity index (χ2v) is 15.7. The van der Waals surface area contributed by atoms with Gasteiger partial charge >= 0.3 is 48.2 Å². The van der Waals surface area contributed by atoms with E-state index in [0.29, 0.717) is 0 Å². The number of sulfonamides is 2. The summed E-state index contributed by atoms with van der Waals surface area (Å²) in [4.78, 5) is 0. The molecule has 164 valence electrons. The summed E-state index contributed by atoms with van der Waals surface area (Å²) in [6.07, 6.45) is -1.91. The lowest BCUT2D eigenvalue weighted by Crippen LogP contribution is -2.61. The van der Waals surface area contributed by atoms with Crippen LogP contribution in [0, 0.1) is 0 Å². The van der Waals surface area contributed by atoms with Crippen LogP contribution in [0.25, 0.3) is 0 Å². The number of hydrogen-bond acceptors (Lipinski definition) is 7. The zero-order chi connectivity index (χ0) is 21.9. The molecule has 0 aromatic carbocycles. The third kappa shape index (κ3) is 7.57. The van der Waals surface area contributed by atoms with Gasteiger partial charge in [-0.2, -0.15) is 26.3 Å². The van der Waals surface area contributed by atoms with Crippen LogP contribution in [-0.2, 0) is 33.0 Å². The third-order valence-electron chi connectivity index (χ3n) is 3.07. The van der Waals surface area contributed by atoms with Crippen molar-refractivity contribution in [2.45, 2.75) is 24.1 Å². The van der Waals surface area contributed by atoms with E-state index < -0.39 is 60.5 Å². The monoisotopic (exact) mass is 488 g/mol. The highest BCUT2D eigenvalue weighted by Gasteiger charge is 2.51. The Balaban J connectivity index is 5.31. The second-order valence-electron chi connectivity index (χ2n) is 5.32. The third-order valence-corrected chi connectivity index (χ3v) is 12.7. The van der Waals surface area contributed by atoms with Crippen molar-refractivity contribution in [2.75, 3.05) is 26.6 Å². The maximum Gasteiger partial charge on any atom is 0.511 e. The van der Waals surface area contributed by atoms with Gasteiger partial charge in [-0.15, -0.1) is 0 Å². The molecule has 0 aromatic heterocycles.